The van der Waals surface area contributed by atoms with Gasteiger partial charge in [-0.15, -0.1) is 0 Å². The maximum atomic E-state index is 13.0. The fourth-order valence-electron chi connectivity index (χ4n) is 3.70. The van der Waals surface area contributed by atoms with Crippen molar-refractivity contribution in [2.24, 2.45) is 0 Å². The molecule has 1 saturated carbocycles. The van der Waals surface area contributed by atoms with E-state index in [1.165, 1.54) is 6.42 Å². The van der Waals surface area contributed by atoms with Gasteiger partial charge < -0.3 is 9.64 Å². The van der Waals surface area contributed by atoms with Crippen LogP contribution in [0.15, 0.2) is 48.5 Å². The molecule has 0 heterocycles. The minimum atomic E-state index is -0.661. The molecule has 152 valence electrons. The van der Waals surface area contributed by atoms with Crippen molar-refractivity contribution >= 4 is 17.7 Å². The topological polar surface area (TPSA) is 63.7 Å². The zero-order valence-corrected chi connectivity index (χ0v) is 17.0. The van der Waals surface area contributed by atoms with Crippen LogP contribution in [0.25, 0.3) is 0 Å². The van der Waals surface area contributed by atoms with Crippen LogP contribution in [0, 0.1) is 6.92 Å². The Labute approximate surface area is 171 Å². The number of nitrogens with zero attached hydrogens (tertiary/aromatic N) is 1. The average molecular weight is 393 g/mol. The summed E-state index contributed by atoms with van der Waals surface area (Å²) in [5.41, 5.74) is 2.04. The number of ether oxygens (including phenoxy) is 1. The lowest BCUT2D eigenvalue weighted by molar-refractivity contribution is 0.0469. The first-order valence-electron chi connectivity index (χ1n) is 10.1. The summed E-state index contributed by atoms with van der Waals surface area (Å²) in [5, 5.41) is 0. The molecule has 0 bridgehead atoms. The van der Waals surface area contributed by atoms with Gasteiger partial charge >= 0.3 is 5.97 Å². The summed E-state index contributed by atoms with van der Waals surface area (Å²) in [6, 6.07) is 13.9. The number of ketones is 1. The van der Waals surface area contributed by atoms with E-state index in [0.717, 1.165) is 31.2 Å². The van der Waals surface area contributed by atoms with E-state index in [1.54, 1.807) is 48.3 Å². The molecule has 5 heteroatoms. The smallest absolute Gasteiger partial charge is 0.339 e. The van der Waals surface area contributed by atoms with Crippen LogP contribution in [0.4, 0.5) is 0 Å². The number of hydrogen-bond acceptors (Lipinski definition) is 4. The highest BCUT2D eigenvalue weighted by molar-refractivity contribution is 6.06. The number of rotatable bonds is 6. The summed E-state index contributed by atoms with van der Waals surface area (Å²) in [6.07, 6.45) is 5.41. The third-order valence-electron chi connectivity index (χ3n) is 5.53. The van der Waals surface area contributed by atoms with Gasteiger partial charge in [0.05, 0.1) is 11.1 Å². The maximum absolute atomic E-state index is 13.0. The lowest BCUT2D eigenvalue weighted by Crippen LogP contribution is -2.39. The van der Waals surface area contributed by atoms with Gasteiger partial charge in [-0.1, -0.05) is 61.2 Å². The molecular formula is C24H27NO4. The van der Waals surface area contributed by atoms with E-state index in [2.05, 4.69) is 0 Å². The summed E-state index contributed by atoms with van der Waals surface area (Å²) < 4.78 is 5.23. The van der Waals surface area contributed by atoms with Crippen molar-refractivity contribution in [3.05, 3.63) is 70.8 Å². The van der Waals surface area contributed by atoms with Gasteiger partial charge in [0.15, 0.2) is 12.4 Å². The summed E-state index contributed by atoms with van der Waals surface area (Å²) in [7, 11) is 1.79. The summed E-state index contributed by atoms with van der Waals surface area (Å²) in [5.74, 6) is -1.12. The highest BCUT2D eigenvalue weighted by atomic mass is 16.5. The predicted molar refractivity (Wildman–Crippen MR) is 111 cm³/mol. The van der Waals surface area contributed by atoms with Gasteiger partial charge in [-0.2, -0.15) is 0 Å². The Bertz CT molecular complexity index is 882. The molecule has 0 atom stereocenters. The predicted octanol–water partition coefficient (Wildman–Crippen LogP) is 4.44. The Morgan fingerprint density at radius 1 is 0.931 bits per heavy atom. The zero-order valence-electron chi connectivity index (χ0n) is 17.0. The first-order chi connectivity index (χ1) is 14.0. The van der Waals surface area contributed by atoms with Crippen molar-refractivity contribution in [2.75, 3.05) is 13.7 Å². The quantitative estimate of drug-likeness (QED) is 0.538. The molecule has 1 fully saturated rings. The number of amides is 1. The van der Waals surface area contributed by atoms with Gasteiger partial charge in [-0.3, -0.25) is 9.59 Å². The molecule has 2 aromatic carbocycles. The van der Waals surface area contributed by atoms with Crippen molar-refractivity contribution in [1.82, 2.24) is 4.90 Å². The van der Waals surface area contributed by atoms with Crippen molar-refractivity contribution in [3.8, 4) is 0 Å². The monoisotopic (exact) mass is 393 g/mol. The second-order valence-corrected chi connectivity index (χ2v) is 7.62. The minimum Gasteiger partial charge on any atom is -0.454 e. The number of esters is 1. The standard InChI is InChI=1S/C24H27NO4/c1-17-12-14-18(15-13-17)22(26)16-29-24(28)21-11-7-6-10-20(21)23(27)25(2)19-8-4-3-5-9-19/h6-7,10-15,19H,3-5,8-9,16H2,1-2H3. The number of Topliss-reactive ketones (excluding diaryl/α,β-unsaturated/α-hetero) is 1. The molecule has 3 rings (SSSR count). The molecule has 0 N–H and O–H groups in total. The second-order valence-electron chi connectivity index (χ2n) is 7.62. The molecule has 0 aromatic heterocycles. The zero-order chi connectivity index (χ0) is 20.8. The molecular weight excluding hydrogens is 366 g/mol. The summed E-state index contributed by atoms with van der Waals surface area (Å²) in [6.45, 7) is 1.58. The molecule has 29 heavy (non-hydrogen) atoms. The number of aryl methyl sites for hydroxylation is 1. The van der Waals surface area contributed by atoms with Gasteiger partial charge in [-0.25, -0.2) is 4.79 Å². The number of hydrogen-bond donors (Lipinski definition) is 0. The largest absolute Gasteiger partial charge is 0.454 e. The van der Waals surface area contributed by atoms with E-state index in [4.69, 9.17) is 4.74 Å². The lowest BCUT2D eigenvalue weighted by Gasteiger charge is -2.31. The molecule has 1 amide bonds. The fourth-order valence-corrected chi connectivity index (χ4v) is 3.70. The average Bonchev–Trinajstić information content (AvgIpc) is 2.77. The van der Waals surface area contributed by atoms with E-state index in [-0.39, 0.29) is 29.9 Å². The van der Waals surface area contributed by atoms with Crippen LogP contribution in [0.3, 0.4) is 0 Å². The first-order valence-corrected chi connectivity index (χ1v) is 10.1. The van der Waals surface area contributed by atoms with Crippen molar-refractivity contribution in [3.63, 3.8) is 0 Å². The van der Waals surface area contributed by atoms with Crippen LogP contribution in [-0.4, -0.2) is 42.3 Å². The molecule has 0 aliphatic heterocycles. The first kappa shape index (κ1) is 20.8. The van der Waals surface area contributed by atoms with Crippen LogP contribution < -0.4 is 0 Å². The van der Waals surface area contributed by atoms with E-state index in [1.807, 2.05) is 19.1 Å². The molecule has 0 radical (unpaired) electrons. The van der Waals surface area contributed by atoms with Gasteiger partial charge in [0.1, 0.15) is 0 Å². The van der Waals surface area contributed by atoms with E-state index >= 15 is 0 Å². The second kappa shape index (κ2) is 9.50. The Balaban J connectivity index is 1.68. The number of carbonyl (C=O) groups is 3. The molecule has 5 nitrogen and oxygen atoms in total. The van der Waals surface area contributed by atoms with Gasteiger partial charge in [-0.05, 0) is 31.9 Å². The van der Waals surface area contributed by atoms with Crippen LogP contribution in [0.2, 0.25) is 0 Å². The molecule has 1 aliphatic carbocycles. The van der Waals surface area contributed by atoms with E-state index in [9.17, 15) is 14.4 Å². The lowest BCUT2D eigenvalue weighted by atomic mass is 9.94. The number of carbonyl (C=O) groups excluding carboxylic acids is 3. The molecule has 0 unspecified atom stereocenters. The van der Waals surface area contributed by atoms with Crippen LogP contribution in [-0.2, 0) is 4.74 Å². The Kier molecular flexibility index (Phi) is 6.81. The summed E-state index contributed by atoms with van der Waals surface area (Å²) in [4.78, 5) is 39.6. The van der Waals surface area contributed by atoms with E-state index in [0.29, 0.717) is 11.1 Å². The van der Waals surface area contributed by atoms with Crippen molar-refractivity contribution in [1.29, 1.82) is 0 Å². The Morgan fingerprint density at radius 2 is 1.55 bits per heavy atom. The van der Waals surface area contributed by atoms with Gasteiger partial charge in [0, 0.05) is 18.7 Å². The Hall–Kier alpha value is -2.95. The van der Waals surface area contributed by atoms with Crippen LogP contribution in [0.1, 0.15) is 68.7 Å². The SMILES string of the molecule is Cc1ccc(C(=O)COC(=O)c2ccccc2C(=O)N(C)C2CCCCC2)cc1. The van der Waals surface area contributed by atoms with Gasteiger partial charge in [0.25, 0.3) is 5.91 Å². The highest BCUT2D eigenvalue weighted by Gasteiger charge is 2.26. The van der Waals surface area contributed by atoms with Crippen molar-refractivity contribution < 1.29 is 19.1 Å². The van der Waals surface area contributed by atoms with Gasteiger partial charge in [0.2, 0.25) is 0 Å². The van der Waals surface area contributed by atoms with E-state index < -0.39 is 5.97 Å². The maximum Gasteiger partial charge on any atom is 0.339 e. The summed E-state index contributed by atoms with van der Waals surface area (Å²) >= 11 is 0. The molecule has 2 aromatic rings. The normalized spacial score (nSPS) is 14.3. The minimum absolute atomic E-state index is 0.186. The third-order valence-corrected chi connectivity index (χ3v) is 5.53. The fraction of sp³-hybridized carbons (Fsp3) is 0.375. The Morgan fingerprint density at radius 3 is 2.21 bits per heavy atom. The molecule has 0 spiro atoms. The van der Waals surface area contributed by atoms with Crippen molar-refractivity contribution in [2.45, 2.75) is 45.1 Å². The van der Waals surface area contributed by atoms with Crippen LogP contribution >= 0.6 is 0 Å². The molecule has 1 aliphatic rings. The molecule has 0 saturated heterocycles. The van der Waals surface area contributed by atoms with Crippen LogP contribution in [0.5, 0.6) is 0 Å². The number of benzene rings is 2. The highest BCUT2D eigenvalue weighted by Crippen LogP contribution is 2.24. The third kappa shape index (κ3) is 5.11.